The molecular formula is C12H22O. The van der Waals surface area contributed by atoms with Crippen LogP contribution < -0.4 is 0 Å². The van der Waals surface area contributed by atoms with Gasteiger partial charge >= 0.3 is 0 Å². The van der Waals surface area contributed by atoms with Crippen LogP contribution in [-0.4, -0.2) is 13.2 Å². The van der Waals surface area contributed by atoms with E-state index in [9.17, 15) is 0 Å². The standard InChI is InChI=1S/C12H22O/c1-9-5-10(2)7-12(6-9)11-3-4-13-8-11/h9-12H,3-8H2,1-2H3. The Morgan fingerprint density at radius 1 is 0.923 bits per heavy atom. The van der Waals surface area contributed by atoms with Crippen LogP contribution in [0.1, 0.15) is 39.5 Å². The molecule has 0 aromatic carbocycles. The molecule has 1 saturated heterocycles. The highest BCUT2D eigenvalue weighted by molar-refractivity contribution is 4.81. The van der Waals surface area contributed by atoms with Crippen molar-refractivity contribution in [2.75, 3.05) is 13.2 Å². The molecule has 2 fully saturated rings. The van der Waals surface area contributed by atoms with E-state index in [1.54, 1.807) is 0 Å². The second-order valence-electron chi connectivity index (χ2n) is 5.30. The first kappa shape index (κ1) is 9.51. The Bertz CT molecular complexity index is 151. The summed E-state index contributed by atoms with van der Waals surface area (Å²) >= 11 is 0. The summed E-state index contributed by atoms with van der Waals surface area (Å²) in [5, 5.41) is 0. The molecule has 1 nitrogen and oxygen atoms in total. The second-order valence-corrected chi connectivity index (χ2v) is 5.30. The van der Waals surface area contributed by atoms with Gasteiger partial charge in [-0.05, 0) is 49.4 Å². The summed E-state index contributed by atoms with van der Waals surface area (Å²) in [6.07, 6.45) is 5.69. The van der Waals surface area contributed by atoms with Gasteiger partial charge in [0.25, 0.3) is 0 Å². The average Bonchev–Trinajstić information content (AvgIpc) is 2.53. The van der Waals surface area contributed by atoms with Gasteiger partial charge in [-0.1, -0.05) is 13.8 Å². The van der Waals surface area contributed by atoms with E-state index in [4.69, 9.17) is 4.74 Å². The Labute approximate surface area is 81.9 Å². The van der Waals surface area contributed by atoms with Gasteiger partial charge in [-0.3, -0.25) is 0 Å². The van der Waals surface area contributed by atoms with E-state index in [1.165, 1.54) is 25.7 Å². The lowest BCUT2D eigenvalue weighted by molar-refractivity contribution is 0.130. The van der Waals surface area contributed by atoms with E-state index < -0.39 is 0 Å². The van der Waals surface area contributed by atoms with Gasteiger partial charge in [0.2, 0.25) is 0 Å². The molecule has 3 atom stereocenters. The molecule has 0 amide bonds. The second kappa shape index (κ2) is 4.00. The van der Waals surface area contributed by atoms with Crippen LogP contribution in [0.5, 0.6) is 0 Å². The molecule has 76 valence electrons. The van der Waals surface area contributed by atoms with Crippen molar-refractivity contribution in [1.29, 1.82) is 0 Å². The minimum Gasteiger partial charge on any atom is -0.381 e. The largest absolute Gasteiger partial charge is 0.381 e. The fourth-order valence-corrected chi connectivity index (χ4v) is 3.32. The summed E-state index contributed by atoms with van der Waals surface area (Å²) in [5.41, 5.74) is 0. The monoisotopic (exact) mass is 182 g/mol. The van der Waals surface area contributed by atoms with Crippen molar-refractivity contribution in [3.8, 4) is 0 Å². The fraction of sp³-hybridized carbons (Fsp3) is 1.00. The van der Waals surface area contributed by atoms with Crippen LogP contribution in [0.2, 0.25) is 0 Å². The van der Waals surface area contributed by atoms with Gasteiger partial charge in [-0.15, -0.1) is 0 Å². The molecule has 0 radical (unpaired) electrons. The van der Waals surface area contributed by atoms with Crippen molar-refractivity contribution in [3.63, 3.8) is 0 Å². The van der Waals surface area contributed by atoms with Crippen LogP contribution >= 0.6 is 0 Å². The molecule has 1 saturated carbocycles. The Morgan fingerprint density at radius 3 is 2.15 bits per heavy atom. The molecular weight excluding hydrogens is 160 g/mol. The third-order valence-electron chi connectivity index (χ3n) is 3.85. The highest BCUT2D eigenvalue weighted by Gasteiger charge is 2.31. The zero-order valence-electron chi connectivity index (χ0n) is 8.96. The van der Waals surface area contributed by atoms with Crippen LogP contribution in [0.3, 0.4) is 0 Å². The summed E-state index contributed by atoms with van der Waals surface area (Å²) in [5.74, 6) is 3.77. The summed E-state index contributed by atoms with van der Waals surface area (Å²) in [7, 11) is 0. The molecule has 13 heavy (non-hydrogen) atoms. The van der Waals surface area contributed by atoms with Gasteiger partial charge in [-0.25, -0.2) is 0 Å². The lowest BCUT2D eigenvalue weighted by Gasteiger charge is -2.34. The SMILES string of the molecule is CC1CC(C)CC(C2CCOC2)C1. The van der Waals surface area contributed by atoms with E-state index in [0.717, 1.165) is 36.9 Å². The van der Waals surface area contributed by atoms with E-state index in [0.29, 0.717) is 0 Å². The normalized spacial score (nSPS) is 46.6. The number of ether oxygens (including phenoxy) is 1. The number of rotatable bonds is 1. The van der Waals surface area contributed by atoms with Gasteiger partial charge in [0.1, 0.15) is 0 Å². The highest BCUT2D eigenvalue weighted by Crippen LogP contribution is 2.39. The third kappa shape index (κ3) is 2.25. The van der Waals surface area contributed by atoms with E-state index in [-0.39, 0.29) is 0 Å². The van der Waals surface area contributed by atoms with Gasteiger partial charge in [-0.2, -0.15) is 0 Å². The maximum atomic E-state index is 5.48. The van der Waals surface area contributed by atoms with Crippen LogP contribution in [0, 0.1) is 23.7 Å². The van der Waals surface area contributed by atoms with Crippen molar-refractivity contribution in [3.05, 3.63) is 0 Å². The summed E-state index contributed by atoms with van der Waals surface area (Å²) < 4.78 is 5.48. The van der Waals surface area contributed by atoms with Gasteiger partial charge < -0.3 is 4.74 Å². The molecule has 1 aliphatic heterocycles. The lowest BCUT2D eigenvalue weighted by Crippen LogP contribution is -2.26. The summed E-state index contributed by atoms with van der Waals surface area (Å²) in [4.78, 5) is 0. The Balaban J connectivity index is 1.90. The van der Waals surface area contributed by atoms with Crippen molar-refractivity contribution >= 4 is 0 Å². The van der Waals surface area contributed by atoms with Crippen molar-refractivity contribution in [2.24, 2.45) is 23.7 Å². The first-order valence-electron chi connectivity index (χ1n) is 5.83. The zero-order chi connectivity index (χ0) is 9.26. The average molecular weight is 182 g/mol. The molecule has 2 rings (SSSR count). The van der Waals surface area contributed by atoms with Crippen LogP contribution in [0.15, 0.2) is 0 Å². The molecule has 1 heterocycles. The van der Waals surface area contributed by atoms with E-state index >= 15 is 0 Å². The fourth-order valence-electron chi connectivity index (χ4n) is 3.32. The maximum absolute atomic E-state index is 5.48. The first-order valence-corrected chi connectivity index (χ1v) is 5.83. The molecule has 3 unspecified atom stereocenters. The van der Waals surface area contributed by atoms with E-state index in [2.05, 4.69) is 13.8 Å². The van der Waals surface area contributed by atoms with Gasteiger partial charge in [0, 0.05) is 13.2 Å². The lowest BCUT2D eigenvalue weighted by atomic mass is 9.71. The van der Waals surface area contributed by atoms with Gasteiger partial charge in [0.15, 0.2) is 0 Å². The topological polar surface area (TPSA) is 9.23 Å². The molecule has 0 aromatic rings. The molecule has 0 N–H and O–H groups in total. The highest BCUT2D eigenvalue weighted by atomic mass is 16.5. The Morgan fingerprint density at radius 2 is 1.62 bits per heavy atom. The van der Waals surface area contributed by atoms with Crippen molar-refractivity contribution in [1.82, 2.24) is 0 Å². The first-order chi connectivity index (χ1) is 6.25. The predicted octanol–water partition coefficient (Wildman–Crippen LogP) is 3.10. The molecule has 0 bridgehead atoms. The minimum absolute atomic E-state index is 0.894. The quantitative estimate of drug-likeness (QED) is 0.605. The summed E-state index contributed by atoms with van der Waals surface area (Å²) in [6.45, 7) is 6.89. The Hall–Kier alpha value is -0.0400. The van der Waals surface area contributed by atoms with Crippen LogP contribution in [0.4, 0.5) is 0 Å². The van der Waals surface area contributed by atoms with Crippen molar-refractivity contribution < 1.29 is 4.74 Å². The molecule has 1 aliphatic carbocycles. The predicted molar refractivity (Wildman–Crippen MR) is 54.6 cm³/mol. The van der Waals surface area contributed by atoms with Crippen LogP contribution in [-0.2, 0) is 4.74 Å². The molecule has 0 spiro atoms. The zero-order valence-corrected chi connectivity index (χ0v) is 8.96. The minimum atomic E-state index is 0.894. The molecule has 2 aliphatic rings. The molecule has 1 heteroatoms. The van der Waals surface area contributed by atoms with Gasteiger partial charge in [0.05, 0.1) is 0 Å². The molecule has 0 aromatic heterocycles. The maximum Gasteiger partial charge on any atom is 0.0497 e. The summed E-state index contributed by atoms with van der Waals surface area (Å²) in [6, 6.07) is 0. The third-order valence-corrected chi connectivity index (χ3v) is 3.85. The smallest absolute Gasteiger partial charge is 0.0497 e. The van der Waals surface area contributed by atoms with E-state index in [1.807, 2.05) is 0 Å². The Kier molecular flexibility index (Phi) is 2.92. The van der Waals surface area contributed by atoms with Crippen LogP contribution in [0.25, 0.3) is 0 Å². The van der Waals surface area contributed by atoms with Crippen molar-refractivity contribution in [2.45, 2.75) is 39.5 Å². The number of hydrogen-bond donors (Lipinski definition) is 0. The number of hydrogen-bond acceptors (Lipinski definition) is 1.